The van der Waals surface area contributed by atoms with Crippen molar-refractivity contribution in [1.29, 1.82) is 0 Å². The van der Waals surface area contributed by atoms with Gasteiger partial charge >= 0.3 is 12.1 Å². The van der Waals surface area contributed by atoms with Gasteiger partial charge in [0.25, 0.3) is 0 Å². The van der Waals surface area contributed by atoms with E-state index >= 15 is 0 Å². The van der Waals surface area contributed by atoms with Crippen LogP contribution >= 0.6 is 0 Å². The first kappa shape index (κ1) is 26.3. The third-order valence-corrected chi connectivity index (χ3v) is 6.24. The summed E-state index contributed by atoms with van der Waals surface area (Å²) in [5.41, 5.74) is 4.46. The molecule has 2 amide bonds. The Bertz CT molecular complexity index is 1010. The van der Waals surface area contributed by atoms with E-state index in [1.807, 2.05) is 52.0 Å². The van der Waals surface area contributed by atoms with E-state index in [-0.39, 0.29) is 36.7 Å². The molecule has 7 nitrogen and oxygen atoms in total. The number of benzene rings is 2. The highest BCUT2D eigenvalue weighted by Crippen LogP contribution is 2.44. The molecule has 0 aromatic heterocycles. The number of nitrogens with one attached hydrogen (secondary N) is 2. The molecule has 0 saturated heterocycles. The highest BCUT2D eigenvalue weighted by molar-refractivity contribution is 5.80. The Morgan fingerprint density at radius 2 is 1.49 bits per heavy atom. The van der Waals surface area contributed by atoms with Gasteiger partial charge in [-0.15, -0.1) is 0 Å². The third kappa shape index (κ3) is 7.31. The zero-order chi connectivity index (χ0) is 25.6. The molecule has 0 saturated carbocycles. The van der Waals surface area contributed by atoms with Crippen LogP contribution in [0.5, 0.6) is 0 Å². The number of fused-ring (bicyclic) bond motifs is 3. The Hall–Kier alpha value is -3.35. The molecule has 0 aliphatic heterocycles. The number of carboxylic acids is 1. The van der Waals surface area contributed by atoms with E-state index < -0.39 is 24.1 Å². The van der Waals surface area contributed by atoms with Gasteiger partial charge in [0.15, 0.2) is 0 Å². The Labute approximate surface area is 207 Å². The third-order valence-electron chi connectivity index (χ3n) is 6.24. The van der Waals surface area contributed by atoms with Crippen molar-refractivity contribution in [3.8, 4) is 11.1 Å². The van der Waals surface area contributed by atoms with Crippen molar-refractivity contribution in [3.05, 3.63) is 59.7 Å². The zero-order valence-electron chi connectivity index (χ0n) is 21.0. The van der Waals surface area contributed by atoms with Gasteiger partial charge in [-0.1, -0.05) is 76.2 Å². The number of ether oxygens (including phenoxy) is 1. The van der Waals surface area contributed by atoms with Crippen LogP contribution in [0.25, 0.3) is 11.1 Å². The van der Waals surface area contributed by atoms with Crippen molar-refractivity contribution in [2.24, 2.45) is 5.41 Å². The second-order valence-corrected chi connectivity index (χ2v) is 10.4. The lowest BCUT2D eigenvalue weighted by molar-refractivity contribution is -0.137. The van der Waals surface area contributed by atoms with Gasteiger partial charge in [0.2, 0.25) is 5.91 Å². The van der Waals surface area contributed by atoms with Gasteiger partial charge in [0.05, 0.1) is 6.42 Å². The van der Waals surface area contributed by atoms with Crippen molar-refractivity contribution in [2.75, 3.05) is 6.61 Å². The van der Waals surface area contributed by atoms with E-state index in [0.717, 1.165) is 22.3 Å². The van der Waals surface area contributed by atoms with Crippen molar-refractivity contribution in [2.45, 2.75) is 71.4 Å². The molecule has 1 unspecified atom stereocenters. The Morgan fingerprint density at radius 3 is 2.00 bits per heavy atom. The monoisotopic (exact) mass is 480 g/mol. The van der Waals surface area contributed by atoms with Crippen LogP contribution in [0.4, 0.5) is 4.79 Å². The molecule has 0 fully saturated rings. The molecule has 35 heavy (non-hydrogen) atoms. The van der Waals surface area contributed by atoms with E-state index in [4.69, 9.17) is 9.84 Å². The van der Waals surface area contributed by atoms with Gasteiger partial charge in [0, 0.05) is 24.4 Å². The number of carboxylic acid groups (broad SMARTS) is 1. The van der Waals surface area contributed by atoms with Gasteiger partial charge in [-0.25, -0.2) is 4.79 Å². The molecule has 1 aliphatic rings. The van der Waals surface area contributed by atoms with Gasteiger partial charge in [-0.05, 0) is 40.5 Å². The zero-order valence-corrected chi connectivity index (χ0v) is 21.0. The van der Waals surface area contributed by atoms with E-state index in [2.05, 4.69) is 34.9 Å². The molecule has 0 spiro atoms. The van der Waals surface area contributed by atoms with E-state index in [0.29, 0.717) is 12.8 Å². The lowest BCUT2D eigenvalue weighted by Crippen LogP contribution is -2.44. The standard InChI is InChI=1S/C28H36N2O5/c1-5-18(15-26(32)33)29-25(31)14-19(16-28(2,3)4)30-27(34)35-17-24-22-12-8-6-10-20(22)21-11-7-9-13-23(21)24/h6-13,18-19,24H,5,14-17H2,1-4H3,(H,29,31)(H,30,34)(H,32,33)/t18-,19?/m1/s1. The van der Waals surface area contributed by atoms with Gasteiger partial charge < -0.3 is 20.5 Å². The number of amides is 2. The summed E-state index contributed by atoms with van der Waals surface area (Å²) < 4.78 is 5.66. The Morgan fingerprint density at radius 1 is 0.914 bits per heavy atom. The van der Waals surface area contributed by atoms with Crippen LogP contribution in [0.15, 0.2) is 48.5 Å². The summed E-state index contributed by atoms with van der Waals surface area (Å²) in [5.74, 6) is -1.29. The van der Waals surface area contributed by atoms with Crippen LogP contribution in [0.3, 0.4) is 0 Å². The van der Waals surface area contributed by atoms with Gasteiger partial charge in [0.1, 0.15) is 6.61 Å². The highest BCUT2D eigenvalue weighted by Gasteiger charge is 2.30. The Balaban J connectivity index is 1.63. The number of hydrogen-bond donors (Lipinski definition) is 3. The van der Waals surface area contributed by atoms with Crippen molar-refractivity contribution in [3.63, 3.8) is 0 Å². The minimum Gasteiger partial charge on any atom is -0.481 e. The average Bonchev–Trinajstić information content (AvgIpc) is 3.09. The van der Waals surface area contributed by atoms with E-state index in [1.165, 1.54) is 0 Å². The Kier molecular flexibility index (Phi) is 8.54. The fourth-order valence-corrected chi connectivity index (χ4v) is 4.74. The van der Waals surface area contributed by atoms with Gasteiger partial charge in [-0.3, -0.25) is 9.59 Å². The molecular formula is C28H36N2O5. The predicted molar refractivity (Wildman–Crippen MR) is 135 cm³/mol. The molecule has 1 aliphatic carbocycles. The number of rotatable bonds is 10. The first-order chi connectivity index (χ1) is 16.6. The minimum absolute atomic E-state index is 0.0427. The van der Waals surface area contributed by atoms with Crippen LogP contribution in [-0.4, -0.2) is 41.8 Å². The molecule has 2 aromatic rings. The maximum absolute atomic E-state index is 12.8. The fraction of sp³-hybridized carbons (Fsp3) is 0.464. The van der Waals surface area contributed by atoms with Crippen molar-refractivity contribution < 1.29 is 24.2 Å². The molecule has 2 atom stereocenters. The van der Waals surface area contributed by atoms with Crippen LogP contribution in [0.1, 0.15) is 70.4 Å². The summed E-state index contributed by atoms with van der Waals surface area (Å²) >= 11 is 0. The number of carbonyl (C=O) groups excluding carboxylic acids is 2. The largest absolute Gasteiger partial charge is 0.481 e. The second kappa shape index (κ2) is 11.4. The molecule has 188 valence electrons. The maximum Gasteiger partial charge on any atom is 0.407 e. The first-order valence-corrected chi connectivity index (χ1v) is 12.2. The molecule has 3 rings (SSSR count). The summed E-state index contributed by atoms with van der Waals surface area (Å²) in [6, 6.07) is 15.4. The molecule has 0 bridgehead atoms. The van der Waals surface area contributed by atoms with Gasteiger partial charge in [-0.2, -0.15) is 0 Å². The first-order valence-electron chi connectivity index (χ1n) is 12.2. The van der Waals surface area contributed by atoms with Crippen LogP contribution < -0.4 is 10.6 Å². The lowest BCUT2D eigenvalue weighted by Gasteiger charge is -2.27. The normalized spacial score (nSPS) is 14.4. The number of alkyl carbamates (subject to hydrolysis) is 1. The topological polar surface area (TPSA) is 105 Å². The lowest BCUT2D eigenvalue weighted by atomic mass is 9.87. The number of carbonyl (C=O) groups is 3. The summed E-state index contributed by atoms with van der Waals surface area (Å²) in [6.45, 7) is 8.14. The summed E-state index contributed by atoms with van der Waals surface area (Å²) in [5, 5.41) is 14.7. The van der Waals surface area contributed by atoms with Crippen molar-refractivity contribution in [1.82, 2.24) is 10.6 Å². The molecule has 7 heteroatoms. The fourth-order valence-electron chi connectivity index (χ4n) is 4.74. The predicted octanol–water partition coefficient (Wildman–Crippen LogP) is 5.09. The summed E-state index contributed by atoms with van der Waals surface area (Å²) in [7, 11) is 0. The quantitative estimate of drug-likeness (QED) is 0.439. The molecule has 3 N–H and O–H groups in total. The molecule has 2 aromatic carbocycles. The summed E-state index contributed by atoms with van der Waals surface area (Å²) in [4.78, 5) is 36.4. The second-order valence-electron chi connectivity index (χ2n) is 10.4. The SMILES string of the molecule is CC[C@H](CC(=O)O)NC(=O)CC(CC(C)(C)C)NC(=O)OCC1c2ccccc2-c2ccccc21. The van der Waals surface area contributed by atoms with Crippen LogP contribution in [0, 0.1) is 5.41 Å². The minimum atomic E-state index is -0.958. The highest BCUT2D eigenvalue weighted by atomic mass is 16.5. The van der Waals surface area contributed by atoms with Crippen LogP contribution in [0.2, 0.25) is 0 Å². The molecule has 0 heterocycles. The number of aliphatic carboxylic acids is 1. The summed E-state index contributed by atoms with van der Waals surface area (Å²) in [6.07, 6.45) is 0.442. The average molecular weight is 481 g/mol. The van der Waals surface area contributed by atoms with E-state index in [1.54, 1.807) is 0 Å². The van der Waals surface area contributed by atoms with Crippen molar-refractivity contribution >= 4 is 18.0 Å². The smallest absolute Gasteiger partial charge is 0.407 e. The molecular weight excluding hydrogens is 444 g/mol. The van der Waals surface area contributed by atoms with Crippen LogP contribution in [-0.2, 0) is 14.3 Å². The maximum atomic E-state index is 12.8. The molecule has 0 radical (unpaired) electrons. The number of hydrogen-bond acceptors (Lipinski definition) is 4. The van der Waals surface area contributed by atoms with E-state index in [9.17, 15) is 14.4 Å².